The first-order valence-electron chi connectivity index (χ1n) is 14.6. The number of hydrogen-bond donors (Lipinski definition) is 2. The molecule has 1 fully saturated rings. The molecular formula is C33H35NO10. The molecule has 1 saturated heterocycles. The maximum Gasteiger partial charge on any atom is 0.303 e. The lowest BCUT2D eigenvalue weighted by atomic mass is 10.0. The molecule has 0 spiro atoms. The van der Waals surface area contributed by atoms with Gasteiger partial charge in [0.1, 0.15) is 31.3 Å². The second-order valence-corrected chi connectivity index (χ2v) is 10.4. The van der Waals surface area contributed by atoms with Crippen molar-refractivity contribution in [2.75, 3.05) is 46.1 Å². The highest BCUT2D eigenvalue weighted by Crippen LogP contribution is 2.36. The summed E-state index contributed by atoms with van der Waals surface area (Å²) in [6.45, 7) is 3.16. The van der Waals surface area contributed by atoms with Gasteiger partial charge >= 0.3 is 11.9 Å². The van der Waals surface area contributed by atoms with Crippen molar-refractivity contribution in [3.63, 3.8) is 0 Å². The highest BCUT2D eigenvalue weighted by atomic mass is 16.6. The average Bonchev–Trinajstić information content (AvgIpc) is 3.04. The van der Waals surface area contributed by atoms with Gasteiger partial charge in [-0.15, -0.1) is 0 Å². The molecule has 1 amide bonds. The van der Waals surface area contributed by atoms with Crippen LogP contribution in [0.4, 0.5) is 0 Å². The first-order valence-corrected chi connectivity index (χ1v) is 14.6. The fourth-order valence-corrected chi connectivity index (χ4v) is 5.11. The molecule has 0 saturated carbocycles. The largest absolute Gasteiger partial charge is 0.493 e. The molecular weight excluding hydrogens is 570 g/mol. The number of amides is 1. The van der Waals surface area contributed by atoms with Crippen LogP contribution in [-0.4, -0.2) is 79.1 Å². The summed E-state index contributed by atoms with van der Waals surface area (Å²) in [6.07, 6.45) is 0.390. The summed E-state index contributed by atoms with van der Waals surface area (Å²) >= 11 is 0. The second kappa shape index (κ2) is 14.6. The SMILES string of the molecule is O=C(O)CCCOc1cccc(COc2cc(C(=O)N3CCOCC3)cc(-c3ccc4c(c3)OCCO4)c2)c1CCC(=O)O. The fraction of sp³-hybridized carbons (Fsp3) is 0.364. The summed E-state index contributed by atoms with van der Waals surface area (Å²) in [5, 5.41) is 18.3. The highest BCUT2D eigenvalue weighted by Gasteiger charge is 2.21. The van der Waals surface area contributed by atoms with E-state index in [1.165, 1.54) is 0 Å². The van der Waals surface area contributed by atoms with Gasteiger partial charge in [-0.25, -0.2) is 0 Å². The number of aliphatic carboxylic acids is 2. The lowest BCUT2D eigenvalue weighted by molar-refractivity contribution is -0.138. The van der Waals surface area contributed by atoms with Crippen LogP contribution in [0, 0.1) is 0 Å². The zero-order chi connectivity index (χ0) is 30.9. The number of hydrogen-bond acceptors (Lipinski definition) is 8. The van der Waals surface area contributed by atoms with Crippen LogP contribution in [0.2, 0.25) is 0 Å². The van der Waals surface area contributed by atoms with E-state index in [9.17, 15) is 19.5 Å². The number of carbonyl (C=O) groups excluding carboxylic acids is 1. The molecule has 0 aliphatic carbocycles. The van der Waals surface area contributed by atoms with E-state index < -0.39 is 11.9 Å². The highest BCUT2D eigenvalue weighted by molar-refractivity contribution is 5.96. The minimum Gasteiger partial charge on any atom is -0.493 e. The van der Waals surface area contributed by atoms with Gasteiger partial charge in [0, 0.05) is 37.1 Å². The Kier molecular flexibility index (Phi) is 10.2. The van der Waals surface area contributed by atoms with Crippen molar-refractivity contribution in [3.8, 4) is 34.1 Å². The van der Waals surface area contributed by atoms with Crippen LogP contribution < -0.4 is 18.9 Å². The molecule has 0 radical (unpaired) electrons. The van der Waals surface area contributed by atoms with Crippen LogP contribution in [0.3, 0.4) is 0 Å². The number of carboxylic acids is 2. The predicted molar refractivity (Wildman–Crippen MR) is 159 cm³/mol. The van der Waals surface area contributed by atoms with E-state index in [1.54, 1.807) is 23.1 Å². The van der Waals surface area contributed by atoms with Crippen LogP contribution in [-0.2, 0) is 27.4 Å². The van der Waals surface area contributed by atoms with Gasteiger partial charge in [-0.1, -0.05) is 18.2 Å². The first kappa shape index (κ1) is 30.7. The van der Waals surface area contributed by atoms with Gasteiger partial charge < -0.3 is 38.8 Å². The van der Waals surface area contributed by atoms with Gasteiger partial charge in [0.25, 0.3) is 5.91 Å². The third-order valence-electron chi connectivity index (χ3n) is 7.33. The van der Waals surface area contributed by atoms with E-state index in [0.717, 1.165) is 16.7 Å². The summed E-state index contributed by atoms with van der Waals surface area (Å²) in [4.78, 5) is 37.6. The molecule has 0 aromatic heterocycles. The number of carboxylic acid groups (broad SMARTS) is 2. The molecule has 0 bridgehead atoms. The monoisotopic (exact) mass is 605 g/mol. The number of rotatable bonds is 13. The molecule has 2 N–H and O–H groups in total. The van der Waals surface area contributed by atoms with Gasteiger partial charge in [0.05, 0.1) is 19.8 Å². The number of ether oxygens (including phenoxy) is 5. The Labute approximate surface area is 254 Å². The fourth-order valence-electron chi connectivity index (χ4n) is 5.11. The Morgan fingerprint density at radius 1 is 0.795 bits per heavy atom. The molecule has 5 rings (SSSR count). The number of morpholine rings is 1. The molecule has 2 heterocycles. The summed E-state index contributed by atoms with van der Waals surface area (Å²) in [5.74, 6) is 0.261. The minimum atomic E-state index is -0.948. The third-order valence-corrected chi connectivity index (χ3v) is 7.33. The first-order chi connectivity index (χ1) is 21.4. The normalized spacial score (nSPS) is 14.1. The summed E-state index contributed by atoms with van der Waals surface area (Å²) in [6, 6.07) is 16.4. The summed E-state index contributed by atoms with van der Waals surface area (Å²) < 4.78 is 29.0. The van der Waals surface area contributed by atoms with Crippen molar-refractivity contribution in [1.29, 1.82) is 0 Å². The van der Waals surface area contributed by atoms with Gasteiger partial charge in [-0.05, 0) is 65.9 Å². The number of nitrogens with zero attached hydrogens (tertiary/aromatic N) is 1. The van der Waals surface area contributed by atoms with E-state index in [4.69, 9.17) is 28.8 Å². The van der Waals surface area contributed by atoms with E-state index in [1.807, 2.05) is 36.4 Å². The molecule has 3 aromatic carbocycles. The Morgan fingerprint density at radius 2 is 1.57 bits per heavy atom. The van der Waals surface area contributed by atoms with Crippen LogP contribution in [0.25, 0.3) is 11.1 Å². The number of fused-ring (bicyclic) bond motifs is 1. The molecule has 11 nitrogen and oxygen atoms in total. The van der Waals surface area contributed by atoms with Crippen molar-refractivity contribution >= 4 is 17.8 Å². The Hall–Kier alpha value is -4.77. The van der Waals surface area contributed by atoms with Crippen LogP contribution in [0.15, 0.2) is 54.6 Å². The maximum atomic E-state index is 13.5. The van der Waals surface area contributed by atoms with E-state index in [0.29, 0.717) is 80.1 Å². The van der Waals surface area contributed by atoms with Crippen molar-refractivity contribution in [1.82, 2.24) is 4.90 Å². The Balaban J connectivity index is 1.42. The molecule has 0 atom stereocenters. The molecule has 0 unspecified atom stereocenters. The van der Waals surface area contributed by atoms with Gasteiger partial charge in [0.15, 0.2) is 11.5 Å². The van der Waals surface area contributed by atoms with Crippen LogP contribution in [0.1, 0.15) is 40.7 Å². The molecule has 3 aromatic rings. The third kappa shape index (κ3) is 7.99. The van der Waals surface area contributed by atoms with Gasteiger partial charge in [-0.2, -0.15) is 0 Å². The topological polar surface area (TPSA) is 141 Å². The summed E-state index contributed by atoms with van der Waals surface area (Å²) in [5.41, 5.74) is 3.47. The Bertz CT molecular complexity index is 1500. The molecule has 232 valence electrons. The summed E-state index contributed by atoms with van der Waals surface area (Å²) in [7, 11) is 0. The lowest BCUT2D eigenvalue weighted by Gasteiger charge is -2.27. The second-order valence-electron chi connectivity index (χ2n) is 10.4. The smallest absolute Gasteiger partial charge is 0.303 e. The number of benzene rings is 3. The van der Waals surface area contributed by atoms with Crippen molar-refractivity contribution in [2.45, 2.75) is 32.3 Å². The maximum absolute atomic E-state index is 13.5. The zero-order valence-electron chi connectivity index (χ0n) is 24.3. The van der Waals surface area contributed by atoms with Crippen molar-refractivity contribution < 1.29 is 48.3 Å². The average molecular weight is 606 g/mol. The lowest BCUT2D eigenvalue weighted by Crippen LogP contribution is -2.40. The van der Waals surface area contributed by atoms with E-state index in [2.05, 4.69) is 0 Å². The predicted octanol–water partition coefficient (Wildman–Crippen LogP) is 4.44. The molecule has 2 aliphatic rings. The standard InChI is InChI=1S/C33H35NO10/c35-31(36)5-2-12-41-28-4-1-3-23(27(28)7-9-32(37)38)21-44-26-18-24(22-6-8-29-30(20-22)43-16-15-42-29)17-25(19-26)33(39)34-10-13-40-14-11-34/h1,3-4,6,8,17-20H,2,5,7,9-16,21H2,(H,35,36)(H,37,38). The minimum absolute atomic E-state index is 0.0293. The van der Waals surface area contributed by atoms with Gasteiger partial charge in [-0.3, -0.25) is 14.4 Å². The van der Waals surface area contributed by atoms with Gasteiger partial charge in [0.2, 0.25) is 0 Å². The molecule has 44 heavy (non-hydrogen) atoms. The quantitative estimate of drug-likeness (QED) is 0.269. The molecule has 2 aliphatic heterocycles. The molecule has 11 heteroatoms. The van der Waals surface area contributed by atoms with Crippen molar-refractivity contribution in [2.24, 2.45) is 0 Å². The van der Waals surface area contributed by atoms with Crippen LogP contribution >= 0.6 is 0 Å². The zero-order valence-corrected chi connectivity index (χ0v) is 24.3. The van der Waals surface area contributed by atoms with E-state index in [-0.39, 0.29) is 38.4 Å². The van der Waals surface area contributed by atoms with E-state index >= 15 is 0 Å². The number of carbonyl (C=O) groups is 3. The van der Waals surface area contributed by atoms with Crippen molar-refractivity contribution in [3.05, 3.63) is 71.3 Å². The Morgan fingerprint density at radius 3 is 2.34 bits per heavy atom. The van der Waals surface area contributed by atoms with Crippen LogP contribution in [0.5, 0.6) is 23.0 Å².